The van der Waals surface area contributed by atoms with E-state index in [0.717, 1.165) is 11.5 Å². The maximum atomic E-state index is 9.73. The van der Waals surface area contributed by atoms with E-state index in [9.17, 15) is 5.11 Å². The summed E-state index contributed by atoms with van der Waals surface area (Å²) in [4.78, 5) is 4.06. The van der Waals surface area contributed by atoms with Crippen LogP contribution in [0.5, 0.6) is 0 Å². The highest BCUT2D eigenvalue weighted by Crippen LogP contribution is 2.16. The summed E-state index contributed by atoms with van der Waals surface area (Å²) in [6.07, 6.45) is 3.10. The fraction of sp³-hybridized carbons (Fsp3) is 0.500. The van der Waals surface area contributed by atoms with Crippen LogP contribution in [0.15, 0.2) is 17.0 Å². The summed E-state index contributed by atoms with van der Waals surface area (Å²) in [7, 11) is 0. The van der Waals surface area contributed by atoms with Crippen LogP contribution in [0, 0.1) is 6.92 Å². The largest absolute Gasteiger partial charge is 0.448 e. The normalized spacial score (nSPS) is 12.0. The maximum Gasteiger partial charge on any atom is 0.181 e. The predicted molar refractivity (Wildman–Crippen MR) is 55.6 cm³/mol. The molecule has 6 nitrogen and oxygen atoms in total. The second kappa shape index (κ2) is 3.71. The Morgan fingerprint density at radius 3 is 2.75 bits per heavy atom. The molecule has 0 aliphatic carbocycles. The Hall–Kier alpha value is -1.69. The molecule has 0 saturated heterocycles. The van der Waals surface area contributed by atoms with Crippen LogP contribution in [0.25, 0.3) is 0 Å². The van der Waals surface area contributed by atoms with E-state index in [-0.39, 0.29) is 0 Å². The van der Waals surface area contributed by atoms with E-state index in [1.165, 1.54) is 6.39 Å². The number of aryl methyl sites for hydroxylation is 1. The van der Waals surface area contributed by atoms with Crippen LogP contribution in [0.3, 0.4) is 0 Å². The topological polar surface area (TPSA) is 77.0 Å². The summed E-state index contributed by atoms with van der Waals surface area (Å²) in [5.74, 6) is 0.764. The molecule has 0 radical (unpaired) electrons. The number of oxazole rings is 1. The molecule has 2 aromatic heterocycles. The van der Waals surface area contributed by atoms with Crippen molar-refractivity contribution in [1.29, 1.82) is 0 Å². The fourth-order valence-electron chi connectivity index (χ4n) is 1.29. The smallest absolute Gasteiger partial charge is 0.181 e. The van der Waals surface area contributed by atoms with Crippen molar-refractivity contribution in [2.45, 2.75) is 32.9 Å². The summed E-state index contributed by atoms with van der Waals surface area (Å²) in [5, 5.41) is 17.6. The Balaban J connectivity index is 2.18. The molecule has 16 heavy (non-hydrogen) atoms. The van der Waals surface area contributed by atoms with Crippen molar-refractivity contribution in [2.24, 2.45) is 0 Å². The lowest BCUT2D eigenvalue weighted by atomic mass is 10.1. The van der Waals surface area contributed by atoms with Crippen molar-refractivity contribution in [2.75, 3.05) is 0 Å². The van der Waals surface area contributed by atoms with Gasteiger partial charge in [0, 0.05) is 0 Å². The van der Waals surface area contributed by atoms with E-state index in [2.05, 4.69) is 15.3 Å². The number of hydrogen-bond donors (Lipinski definition) is 1. The third-order valence-electron chi connectivity index (χ3n) is 2.32. The van der Waals surface area contributed by atoms with Gasteiger partial charge in [-0.3, -0.25) is 0 Å². The molecule has 6 heteroatoms. The maximum absolute atomic E-state index is 9.73. The van der Waals surface area contributed by atoms with E-state index in [1.54, 1.807) is 24.7 Å². The molecule has 0 aliphatic heterocycles. The molecule has 1 N–H and O–H groups in total. The Morgan fingerprint density at radius 2 is 2.25 bits per heavy atom. The summed E-state index contributed by atoms with van der Waals surface area (Å²) in [6, 6.07) is 0. The first kappa shape index (κ1) is 10.8. The molecule has 0 unspecified atom stereocenters. The molecule has 0 aromatic carbocycles. The third-order valence-corrected chi connectivity index (χ3v) is 2.32. The highest BCUT2D eigenvalue weighted by atomic mass is 16.3. The van der Waals surface area contributed by atoms with Crippen LogP contribution in [-0.4, -0.2) is 25.1 Å². The average Bonchev–Trinajstić information content (AvgIpc) is 2.76. The molecule has 2 heterocycles. The van der Waals surface area contributed by atoms with E-state index >= 15 is 0 Å². The van der Waals surface area contributed by atoms with Gasteiger partial charge in [0.15, 0.2) is 6.39 Å². The van der Waals surface area contributed by atoms with Gasteiger partial charge in [0.05, 0.1) is 12.7 Å². The Morgan fingerprint density at radius 1 is 1.50 bits per heavy atom. The molecule has 0 aliphatic rings. The van der Waals surface area contributed by atoms with Gasteiger partial charge >= 0.3 is 0 Å². The quantitative estimate of drug-likeness (QED) is 0.833. The Labute approximate surface area is 92.9 Å². The molecule has 86 valence electrons. The first-order valence-corrected chi connectivity index (χ1v) is 4.99. The van der Waals surface area contributed by atoms with Gasteiger partial charge in [-0.1, -0.05) is 5.21 Å². The van der Waals surface area contributed by atoms with Crippen molar-refractivity contribution in [3.05, 3.63) is 29.7 Å². The lowest BCUT2D eigenvalue weighted by Crippen LogP contribution is -2.15. The van der Waals surface area contributed by atoms with Crippen LogP contribution in [0.1, 0.15) is 31.0 Å². The highest BCUT2D eigenvalue weighted by molar-refractivity contribution is 5.07. The molecule has 0 spiro atoms. The molecule has 2 aromatic rings. The van der Waals surface area contributed by atoms with Gasteiger partial charge in [-0.05, 0) is 20.8 Å². The minimum absolute atomic E-state index is 0.491. The zero-order valence-corrected chi connectivity index (χ0v) is 9.51. The Bertz CT molecular complexity index is 481. The fourth-order valence-corrected chi connectivity index (χ4v) is 1.29. The average molecular weight is 222 g/mol. The second-order valence-electron chi connectivity index (χ2n) is 4.22. The van der Waals surface area contributed by atoms with E-state index < -0.39 is 5.60 Å². The predicted octanol–water partition coefficient (Wildman–Crippen LogP) is 0.850. The monoisotopic (exact) mass is 222 g/mol. The van der Waals surface area contributed by atoms with Gasteiger partial charge in [0.1, 0.15) is 22.7 Å². The Kier molecular flexibility index (Phi) is 2.51. The summed E-state index contributed by atoms with van der Waals surface area (Å²) < 4.78 is 6.71. The van der Waals surface area contributed by atoms with Crippen molar-refractivity contribution < 1.29 is 9.52 Å². The summed E-state index contributed by atoms with van der Waals surface area (Å²) in [5.41, 5.74) is 0.373. The number of hydrogen-bond acceptors (Lipinski definition) is 5. The summed E-state index contributed by atoms with van der Waals surface area (Å²) in [6.45, 7) is 5.67. The van der Waals surface area contributed by atoms with Gasteiger partial charge in [-0.15, -0.1) is 5.10 Å². The zero-order chi connectivity index (χ0) is 11.8. The molecule has 0 bridgehead atoms. The minimum Gasteiger partial charge on any atom is -0.448 e. The minimum atomic E-state index is -0.975. The molecule has 0 atom stereocenters. The third kappa shape index (κ3) is 2.11. The second-order valence-corrected chi connectivity index (χ2v) is 4.22. The summed E-state index contributed by atoms with van der Waals surface area (Å²) >= 11 is 0. The van der Waals surface area contributed by atoms with Gasteiger partial charge in [-0.2, -0.15) is 0 Å². The van der Waals surface area contributed by atoms with Gasteiger partial charge < -0.3 is 9.52 Å². The molecular weight excluding hydrogens is 208 g/mol. The van der Waals surface area contributed by atoms with Gasteiger partial charge in [0.2, 0.25) is 0 Å². The van der Waals surface area contributed by atoms with Crippen molar-refractivity contribution >= 4 is 0 Å². The number of nitrogens with zero attached hydrogens (tertiary/aromatic N) is 4. The SMILES string of the molecule is Cc1ocnc1Cn1cc(C(C)(C)O)nn1. The first-order valence-electron chi connectivity index (χ1n) is 4.99. The van der Waals surface area contributed by atoms with Crippen LogP contribution >= 0.6 is 0 Å². The van der Waals surface area contributed by atoms with Crippen LogP contribution in [0.4, 0.5) is 0 Å². The number of aromatic nitrogens is 4. The lowest BCUT2D eigenvalue weighted by Gasteiger charge is -2.11. The van der Waals surface area contributed by atoms with Crippen LogP contribution in [-0.2, 0) is 12.1 Å². The highest BCUT2D eigenvalue weighted by Gasteiger charge is 2.20. The van der Waals surface area contributed by atoms with Crippen LogP contribution in [0.2, 0.25) is 0 Å². The van der Waals surface area contributed by atoms with Gasteiger partial charge in [-0.25, -0.2) is 9.67 Å². The molecule has 0 saturated carbocycles. The van der Waals surface area contributed by atoms with Crippen molar-refractivity contribution in [3.8, 4) is 0 Å². The van der Waals surface area contributed by atoms with E-state index in [0.29, 0.717) is 12.2 Å². The van der Waals surface area contributed by atoms with E-state index in [1.807, 2.05) is 6.92 Å². The van der Waals surface area contributed by atoms with E-state index in [4.69, 9.17) is 4.42 Å². The van der Waals surface area contributed by atoms with Crippen molar-refractivity contribution in [1.82, 2.24) is 20.0 Å². The number of aliphatic hydroxyl groups is 1. The van der Waals surface area contributed by atoms with Crippen molar-refractivity contribution in [3.63, 3.8) is 0 Å². The number of rotatable bonds is 3. The molecule has 2 rings (SSSR count). The standard InChI is InChI=1S/C10H14N4O2/c1-7-8(11-6-16-7)4-14-5-9(12-13-14)10(2,3)15/h5-6,15H,4H2,1-3H3. The zero-order valence-electron chi connectivity index (χ0n) is 9.51. The molecule has 0 amide bonds. The molecular formula is C10H14N4O2. The van der Waals surface area contributed by atoms with Crippen LogP contribution < -0.4 is 0 Å². The van der Waals surface area contributed by atoms with Gasteiger partial charge in [0.25, 0.3) is 0 Å². The lowest BCUT2D eigenvalue weighted by molar-refractivity contribution is 0.0737. The first-order chi connectivity index (χ1) is 7.47. The molecule has 0 fully saturated rings.